The molecule has 0 spiro atoms. The summed E-state index contributed by atoms with van der Waals surface area (Å²) in [4.78, 5) is 0. The quantitative estimate of drug-likeness (QED) is 0.229. The second-order valence-electron chi connectivity index (χ2n) is 8.77. The fourth-order valence-corrected chi connectivity index (χ4v) is 3.66. The van der Waals surface area contributed by atoms with Crippen LogP contribution in [0.25, 0.3) is 22.3 Å². The Bertz CT molecular complexity index is 1270. The summed E-state index contributed by atoms with van der Waals surface area (Å²) in [6.07, 6.45) is 16.7. The molecular formula is C36H34O2Zr. The van der Waals surface area contributed by atoms with Crippen molar-refractivity contribution in [3.8, 4) is 33.8 Å². The number of phenols is 2. The minimum Gasteiger partial charge on any atom is -0.508 e. The van der Waals surface area contributed by atoms with Gasteiger partial charge in [-0.25, -0.2) is 23.3 Å². The number of phenolic OH excluding ortho intramolecular Hbond substituents is 2. The summed E-state index contributed by atoms with van der Waals surface area (Å²) >= 11 is 0. The second-order valence-corrected chi connectivity index (χ2v) is 8.77. The van der Waals surface area contributed by atoms with Gasteiger partial charge in [0.15, 0.2) is 0 Å². The zero-order valence-electron chi connectivity index (χ0n) is 22.5. The standard InChI is InChI=1S/2C12H10O.2C6H7.Zr/c2*13-12-8-4-7-11(9-12)10-5-2-1-3-6-10;2*1-6-4-2-3-5-6;/h2*1-9,13H;2*2,4H,3H2,1H3;/q;;2*-1;+2. The summed E-state index contributed by atoms with van der Waals surface area (Å²) in [5.41, 5.74) is 6.88. The maximum absolute atomic E-state index is 9.27. The Labute approximate surface area is 252 Å². The predicted octanol–water partition coefficient (Wildman–Crippen LogP) is 9.51. The van der Waals surface area contributed by atoms with Crippen LogP contribution in [0.2, 0.25) is 0 Å². The van der Waals surface area contributed by atoms with Crippen LogP contribution in [0.4, 0.5) is 0 Å². The van der Waals surface area contributed by atoms with E-state index in [0.717, 1.165) is 35.1 Å². The molecule has 4 aromatic carbocycles. The number of hydrogen-bond donors (Lipinski definition) is 2. The molecule has 0 bridgehead atoms. The van der Waals surface area contributed by atoms with Crippen LogP contribution >= 0.6 is 0 Å². The Morgan fingerprint density at radius 3 is 1.10 bits per heavy atom. The molecule has 2 aliphatic rings. The van der Waals surface area contributed by atoms with Gasteiger partial charge in [-0.2, -0.15) is 12.2 Å². The Hall–Kier alpha value is -3.68. The van der Waals surface area contributed by atoms with Crippen molar-refractivity contribution in [3.05, 3.63) is 157 Å². The van der Waals surface area contributed by atoms with Gasteiger partial charge >= 0.3 is 26.2 Å². The summed E-state index contributed by atoms with van der Waals surface area (Å²) in [5.74, 6) is 0.614. The molecule has 0 amide bonds. The van der Waals surface area contributed by atoms with E-state index in [9.17, 15) is 10.2 Å². The fourth-order valence-electron chi connectivity index (χ4n) is 3.66. The van der Waals surface area contributed by atoms with E-state index in [4.69, 9.17) is 0 Å². The van der Waals surface area contributed by atoms with Crippen LogP contribution in [0.5, 0.6) is 11.5 Å². The van der Waals surface area contributed by atoms with Gasteiger partial charge < -0.3 is 10.2 Å². The van der Waals surface area contributed by atoms with Crippen molar-refractivity contribution in [1.82, 2.24) is 0 Å². The van der Waals surface area contributed by atoms with E-state index in [1.807, 2.05) is 84.9 Å². The zero-order chi connectivity index (χ0) is 27.0. The Morgan fingerprint density at radius 2 is 0.846 bits per heavy atom. The van der Waals surface area contributed by atoms with Gasteiger partial charge in [-0.05, 0) is 46.5 Å². The van der Waals surface area contributed by atoms with Crippen molar-refractivity contribution in [2.75, 3.05) is 0 Å². The van der Waals surface area contributed by atoms with Crippen molar-refractivity contribution in [3.63, 3.8) is 0 Å². The first kappa shape index (κ1) is 31.5. The third-order valence-electron chi connectivity index (χ3n) is 5.64. The van der Waals surface area contributed by atoms with E-state index in [-0.39, 0.29) is 26.2 Å². The molecule has 0 heterocycles. The van der Waals surface area contributed by atoms with Crippen LogP contribution in [0.15, 0.2) is 145 Å². The summed E-state index contributed by atoms with van der Waals surface area (Å²) in [6, 6.07) is 34.5. The van der Waals surface area contributed by atoms with Crippen LogP contribution in [0.1, 0.15) is 26.7 Å². The van der Waals surface area contributed by atoms with Gasteiger partial charge in [-0.15, -0.1) is 12.8 Å². The normalized spacial score (nSPS) is 12.3. The van der Waals surface area contributed by atoms with Crippen molar-refractivity contribution in [2.24, 2.45) is 0 Å². The number of rotatable bonds is 2. The molecule has 0 aliphatic heterocycles. The Balaban J connectivity index is 0.000000192. The molecule has 0 fully saturated rings. The average molecular weight is 590 g/mol. The Morgan fingerprint density at radius 1 is 0.487 bits per heavy atom. The van der Waals surface area contributed by atoms with Gasteiger partial charge in [-0.1, -0.05) is 98.8 Å². The van der Waals surface area contributed by atoms with Gasteiger partial charge in [0.1, 0.15) is 11.5 Å². The van der Waals surface area contributed by atoms with E-state index < -0.39 is 0 Å². The molecule has 0 atom stereocenters. The third kappa shape index (κ3) is 12.2. The molecule has 0 unspecified atom stereocenters. The SMILES string of the molecule is CC1=[C-]CC=C1.CC1=[C-]CC=C1.Oc1cccc(-c2ccccc2)c1.Oc1cccc(-c2ccccc2)c1.[Zr+2]. The average Bonchev–Trinajstić information content (AvgIpc) is 3.64. The molecule has 194 valence electrons. The van der Waals surface area contributed by atoms with Gasteiger partial charge in [0.2, 0.25) is 0 Å². The molecule has 2 nitrogen and oxygen atoms in total. The summed E-state index contributed by atoms with van der Waals surface area (Å²) < 4.78 is 0. The molecule has 0 saturated carbocycles. The third-order valence-corrected chi connectivity index (χ3v) is 5.64. The first-order valence-electron chi connectivity index (χ1n) is 12.7. The van der Waals surface area contributed by atoms with Crippen LogP contribution in [-0.4, -0.2) is 10.2 Å². The second kappa shape index (κ2) is 17.8. The number of allylic oxidation sites excluding steroid dienone is 8. The van der Waals surface area contributed by atoms with Gasteiger partial charge in [0.05, 0.1) is 0 Å². The minimum atomic E-state index is 0. The predicted molar refractivity (Wildman–Crippen MR) is 159 cm³/mol. The van der Waals surface area contributed by atoms with E-state index in [1.165, 1.54) is 11.1 Å². The van der Waals surface area contributed by atoms with E-state index in [2.05, 4.69) is 50.3 Å². The van der Waals surface area contributed by atoms with Crippen LogP contribution in [0.3, 0.4) is 0 Å². The smallest absolute Gasteiger partial charge is 0.508 e. The van der Waals surface area contributed by atoms with Gasteiger partial charge in [-0.3, -0.25) is 12.2 Å². The van der Waals surface area contributed by atoms with Crippen molar-refractivity contribution in [1.29, 1.82) is 0 Å². The summed E-state index contributed by atoms with van der Waals surface area (Å²) in [7, 11) is 0. The first-order valence-corrected chi connectivity index (χ1v) is 12.7. The van der Waals surface area contributed by atoms with Crippen molar-refractivity contribution >= 4 is 0 Å². The molecular weight excluding hydrogens is 556 g/mol. The molecule has 6 rings (SSSR count). The maximum Gasteiger partial charge on any atom is 2.00 e. The van der Waals surface area contributed by atoms with Crippen LogP contribution < -0.4 is 0 Å². The molecule has 0 radical (unpaired) electrons. The van der Waals surface area contributed by atoms with E-state index >= 15 is 0 Å². The van der Waals surface area contributed by atoms with Gasteiger partial charge in [0.25, 0.3) is 0 Å². The summed E-state index contributed by atoms with van der Waals surface area (Å²) in [6.45, 7) is 4.12. The number of benzene rings is 4. The first-order chi connectivity index (χ1) is 18.5. The largest absolute Gasteiger partial charge is 2.00 e. The van der Waals surface area contributed by atoms with Crippen molar-refractivity contribution in [2.45, 2.75) is 26.7 Å². The maximum atomic E-state index is 9.27. The van der Waals surface area contributed by atoms with Crippen LogP contribution in [-0.2, 0) is 26.2 Å². The molecule has 4 aromatic rings. The molecule has 0 aromatic heterocycles. The van der Waals surface area contributed by atoms with E-state index in [0.29, 0.717) is 11.5 Å². The molecule has 39 heavy (non-hydrogen) atoms. The molecule has 2 aliphatic carbocycles. The summed E-state index contributed by atoms with van der Waals surface area (Å²) in [5, 5.41) is 18.5. The number of hydrogen-bond acceptors (Lipinski definition) is 2. The monoisotopic (exact) mass is 588 g/mol. The number of aromatic hydroxyl groups is 2. The fraction of sp³-hybridized carbons (Fsp3) is 0.111. The van der Waals surface area contributed by atoms with Crippen molar-refractivity contribution < 1.29 is 36.4 Å². The molecule has 3 heteroatoms. The molecule has 0 saturated heterocycles. The minimum absolute atomic E-state index is 0. The molecule has 2 N–H and O–H groups in total. The zero-order valence-corrected chi connectivity index (χ0v) is 25.0. The topological polar surface area (TPSA) is 40.5 Å². The van der Waals surface area contributed by atoms with E-state index in [1.54, 1.807) is 24.3 Å². The van der Waals surface area contributed by atoms with Gasteiger partial charge in [0, 0.05) is 0 Å². The Kier molecular flexibility index (Phi) is 14.4. The van der Waals surface area contributed by atoms with Crippen LogP contribution in [0, 0.1) is 12.2 Å².